The number of carbonyl (C=O) groups is 1. The maximum absolute atomic E-state index is 11.6. The van der Waals surface area contributed by atoms with Crippen molar-refractivity contribution in [3.05, 3.63) is 36.4 Å². The number of carbonyl (C=O) groups excluding carboxylic acids is 1. The molecule has 1 amide bonds. The summed E-state index contributed by atoms with van der Waals surface area (Å²) in [6.45, 7) is 1.82. The molecule has 3 N–H and O–H groups in total. The van der Waals surface area contributed by atoms with Crippen LogP contribution in [0.1, 0.15) is 17.4 Å². The van der Waals surface area contributed by atoms with E-state index in [4.69, 9.17) is 5.11 Å². The monoisotopic (exact) mass is 246 g/mol. The Balaban J connectivity index is 2.06. The lowest BCUT2D eigenvalue weighted by Crippen LogP contribution is -2.31. The highest BCUT2D eigenvalue weighted by Gasteiger charge is 2.08. The average molecular weight is 246 g/mol. The molecule has 2 aromatic rings. The van der Waals surface area contributed by atoms with Crippen molar-refractivity contribution in [2.75, 3.05) is 6.54 Å². The molecule has 2 heterocycles. The molecule has 1 unspecified atom stereocenters. The van der Waals surface area contributed by atoms with Crippen LogP contribution in [0.25, 0.3) is 11.1 Å². The summed E-state index contributed by atoms with van der Waals surface area (Å²) in [6.07, 6.45) is 4.48. The van der Waals surface area contributed by atoms with Crippen molar-refractivity contribution in [3.63, 3.8) is 0 Å². The second-order valence-corrected chi connectivity index (χ2v) is 3.98. The van der Waals surface area contributed by atoms with Crippen LogP contribution in [0.15, 0.2) is 30.7 Å². The number of aliphatic hydroxyl groups excluding tert-OH is 1. The summed E-state index contributed by atoms with van der Waals surface area (Å²) in [6, 6.07) is 3.44. The fourth-order valence-corrected chi connectivity index (χ4v) is 1.44. The van der Waals surface area contributed by atoms with Gasteiger partial charge >= 0.3 is 0 Å². The number of amides is 1. The summed E-state index contributed by atoms with van der Waals surface area (Å²) in [5.74, 6) is -0.297. The quantitative estimate of drug-likeness (QED) is 0.736. The molecule has 6 heteroatoms. The molecule has 0 bridgehead atoms. The molecule has 0 saturated heterocycles. The number of rotatable bonds is 4. The topological polar surface area (TPSA) is 90.9 Å². The van der Waals surface area contributed by atoms with Crippen molar-refractivity contribution >= 4 is 5.91 Å². The molecular weight excluding hydrogens is 232 g/mol. The normalized spacial score (nSPS) is 12.1. The minimum atomic E-state index is -0.570. The Morgan fingerprint density at radius 1 is 1.44 bits per heavy atom. The van der Waals surface area contributed by atoms with E-state index in [2.05, 4.69) is 20.5 Å². The number of hydrogen-bond donors (Lipinski definition) is 3. The highest BCUT2D eigenvalue weighted by molar-refractivity contribution is 5.92. The zero-order valence-corrected chi connectivity index (χ0v) is 9.92. The second-order valence-electron chi connectivity index (χ2n) is 3.98. The maximum Gasteiger partial charge on any atom is 0.269 e. The van der Waals surface area contributed by atoms with Gasteiger partial charge in [0.1, 0.15) is 5.69 Å². The van der Waals surface area contributed by atoms with Crippen molar-refractivity contribution < 1.29 is 9.90 Å². The number of pyridine rings is 1. The van der Waals surface area contributed by atoms with E-state index in [1.807, 2.05) is 0 Å². The molecule has 2 aromatic heterocycles. The van der Waals surface area contributed by atoms with Crippen molar-refractivity contribution in [3.8, 4) is 11.1 Å². The van der Waals surface area contributed by atoms with E-state index >= 15 is 0 Å². The summed E-state index contributed by atoms with van der Waals surface area (Å²) >= 11 is 0. The Kier molecular flexibility index (Phi) is 3.69. The van der Waals surface area contributed by atoms with Crippen LogP contribution in [0.5, 0.6) is 0 Å². The number of aliphatic hydroxyl groups is 1. The minimum absolute atomic E-state index is 0.212. The van der Waals surface area contributed by atoms with Crippen LogP contribution in [0, 0.1) is 0 Å². The maximum atomic E-state index is 11.6. The summed E-state index contributed by atoms with van der Waals surface area (Å²) in [4.78, 5) is 15.7. The van der Waals surface area contributed by atoms with Gasteiger partial charge in [-0.05, 0) is 13.0 Å². The highest BCUT2D eigenvalue weighted by atomic mass is 16.3. The first kappa shape index (κ1) is 12.3. The smallest absolute Gasteiger partial charge is 0.269 e. The van der Waals surface area contributed by atoms with Gasteiger partial charge in [0.15, 0.2) is 0 Å². The van der Waals surface area contributed by atoms with Crippen molar-refractivity contribution in [1.29, 1.82) is 0 Å². The largest absolute Gasteiger partial charge is 0.392 e. The number of aromatic amines is 1. The lowest BCUT2D eigenvalue weighted by atomic mass is 10.1. The first-order chi connectivity index (χ1) is 8.66. The first-order valence-corrected chi connectivity index (χ1v) is 5.58. The van der Waals surface area contributed by atoms with Crippen molar-refractivity contribution in [2.24, 2.45) is 0 Å². The van der Waals surface area contributed by atoms with Gasteiger partial charge in [0, 0.05) is 30.1 Å². The van der Waals surface area contributed by atoms with Gasteiger partial charge in [-0.1, -0.05) is 6.07 Å². The molecule has 18 heavy (non-hydrogen) atoms. The van der Waals surface area contributed by atoms with Crippen LogP contribution in [0.3, 0.4) is 0 Å². The summed E-state index contributed by atoms with van der Waals surface area (Å²) in [7, 11) is 0. The fraction of sp³-hybridized carbons (Fsp3) is 0.250. The SMILES string of the molecule is CC(O)CNC(=O)c1ccc(-c2cn[nH]c2)cn1. The minimum Gasteiger partial charge on any atom is -0.392 e. The number of nitrogens with one attached hydrogen (secondary N) is 2. The molecular formula is C12H14N4O2. The summed E-state index contributed by atoms with van der Waals surface area (Å²) < 4.78 is 0. The molecule has 1 atom stereocenters. The molecule has 0 aliphatic rings. The van der Waals surface area contributed by atoms with Crippen LogP contribution in [-0.2, 0) is 0 Å². The van der Waals surface area contributed by atoms with Gasteiger partial charge in [-0.15, -0.1) is 0 Å². The Labute approximate surface area is 104 Å². The lowest BCUT2D eigenvalue weighted by molar-refractivity contribution is 0.0919. The highest BCUT2D eigenvalue weighted by Crippen LogP contribution is 2.15. The van der Waals surface area contributed by atoms with E-state index in [1.165, 1.54) is 0 Å². The Morgan fingerprint density at radius 3 is 2.83 bits per heavy atom. The Hall–Kier alpha value is -2.21. The van der Waals surface area contributed by atoms with E-state index in [9.17, 15) is 4.79 Å². The predicted octanol–water partition coefficient (Wildman–Crippen LogP) is 0.582. The average Bonchev–Trinajstić information content (AvgIpc) is 2.90. The molecule has 0 aliphatic heterocycles. The zero-order chi connectivity index (χ0) is 13.0. The van der Waals surface area contributed by atoms with Gasteiger partial charge in [-0.2, -0.15) is 5.10 Å². The number of nitrogens with zero attached hydrogens (tertiary/aromatic N) is 2. The van der Waals surface area contributed by atoms with Gasteiger partial charge in [0.25, 0.3) is 5.91 Å². The van der Waals surface area contributed by atoms with E-state index in [0.717, 1.165) is 11.1 Å². The van der Waals surface area contributed by atoms with Gasteiger partial charge in [0.2, 0.25) is 0 Å². The third kappa shape index (κ3) is 2.92. The molecule has 0 radical (unpaired) electrons. The molecule has 0 aliphatic carbocycles. The second kappa shape index (κ2) is 5.42. The third-order valence-corrected chi connectivity index (χ3v) is 2.39. The molecule has 0 saturated carbocycles. The Morgan fingerprint density at radius 2 is 2.28 bits per heavy atom. The van der Waals surface area contributed by atoms with Crippen LogP contribution < -0.4 is 5.32 Å². The summed E-state index contributed by atoms with van der Waals surface area (Å²) in [5.41, 5.74) is 2.12. The number of hydrogen-bond acceptors (Lipinski definition) is 4. The van der Waals surface area contributed by atoms with E-state index in [-0.39, 0.29) is 12.5 Å². The van der Waals surface area contributed by atoms with Crippen LogP contribution in [0.4, 0.5) is 0 Å². The lowest BCUT2D eigenvalue weighted by Gasteiger charge is -2.06. The predicted molar refractivity (Wildman–Crippen MR) is 65.8 cm³/mol. The van der Waals surface area contributed by atoms with Crippen LogP contribution >= 0.6 is 0 Å². The number of aromatic nitrogens is 3. The van der Waals surface area contributed by atoms with Crippen LogP contribution in [0.2, 0.25) is 0 Å². The van der Waals surface area contributed by atoms with Crippen molar-refractivity contribution in [1.82, 2.24) is 20.5 Å². The molecule has 0 spiro atoms. The molecule has 0 aromatic carbocycles. The molecule has 0 fully saturated rings. The fourth-order valence-electron chi connectivity index (χ4n) is 1.44. The van der Waals surface area contributed by atoms with E-state index in [0.29, 0.717) is 5.69 Å². The molecule has 6 nitrogen and oxygen atoms in total. The van der Waals surface area contributed by atoms with Crippen LogP contribution in [-0.4, -0.2) is 38.8 Å². The zero-order valence-electron chi connectivity index (χ0n) is 9.92. The molecule has 2 rings (SSSR count). The number of H-pyrrole nitrogens is 1. The standard InChI is InChI=1S/C12H14N4O2/c1-8(17)4-14-12(18)11-3-2-9(5-13-11)10-6-15-16-7-10/h2-3,5-8,17H,4H2,1H3,(H,14,18)(H,15,16). The van der Waals surface area contributed by atoms with Crippen molar-refractivity contribution in [2.45, 2.75) is 13.0 Å². The first-order valence-electron chi connectivity index (χ1n) is 5.58. The van der Waals surface area contributed by atoms with Gasteiger partial charge in [-0.25, -0.2) is 0 Å². The van der Waals surface area contributed by atoms with E-state index in [1.54, 1.807) is 37.6 Å². The third-order valence-electron chi connectivity index (χ3n) is 2.39. The van der Waals surface area contributed by atoms with Gasteiger partial charge < -0.3 is 10.4 Å². The van der Waals surface area contributed by atoms with Gasteiger partial charge in [-0.3, -0.25) is 14.9 Å². The Bertz CT molecular complexity index is 505. The summed E-state index contributed by atoms with van der Waals surface area (Å²) in [5, 5.41) is 18.2. The van der Waals surface area contributed by atoms with E-state index < -0.39 is 6.10 Å². The van der Waals surface area contributed by atoms with Gasteiger partial charge in [0.05, 0.1) is 12.3 Å². The molecule has 94 valence electrons.